The zero-order valence-corrected chi connectivity index (χ0v) is 11.1. The van der Waals surface area contributed by atoms with E-state index in [-0.39, 0.29) is 17.0 Å². The van der Waals surface area contributed by atoms with Crippen molar-refractivity contribution in [3.63, 3.8) is 0 Å². The second-order valence-electron chi connectivity index (χ2n) is 4.54. The Kier molecular flexibility index (Phi) is 4.01. The zero-order valence-electron chi connectivity index (χ0n) is 10.3. The minimum Gasteiger partial charge on any atom is -0.380 e. The van der Waals surface area contributed by atoms with E-state index in [4.69, 9.17) is 10.5 Å². The van der Waals surface area contributed by atoms with Gasteiger partial charge in [0, 0.05) is 18.7 Å². The molecule has 1 aromatic carbocycles. The highest BCUT2D eigenvalue weighted by Gasteiger charge is 2.23. The maximum atomic E-state index is 12.1. The van der Waals surface area contributed by atoms with Crippen molar-refractivity contribution in [2.45, 2.75) is 30.3 Å². The third-order valence-electron chi connectivity index (χ3n) is 2.97. The summed E-state index contributed by atoms with van der Waals surface area (Å²) in [5, 5.41) is 0. The van der Waals surface area contributed by atoms with Crippen molar-refractivity contribution < 1.29 is 13.2 Å². The summed E-state index contributed by atoms with van der Waals surface area (Å²) >= 11 is 0. The molecule has 5 nitrogen and oxygen atoms in total. The van der Waals surface area contributed by atoms with Gasteiger partial charge in [-0.1, -0.05) is 12.1 Å². The molecular formula is C12H18N2O3S. The molecule has 2 unspecified atom stereocenters. The van der Waals surface area contributed by atoms with Crippen LogP contribution in [0.15, 0.2) is 29.2 Å². The van der Waals surface area contributed by atoms with E-state index in [9.17, 15) is 8.42 Å². The third kappa shape index (κ3) is 3.08. The molecular weight excluding hydrogens is 252 g/mol. The maximum Gasteiger partial charge on any atom is 0.240 e. The second-order valence-corrected chi connectivity index (χ2v) is 6.25. The SMILES string of the molecule is CC(N)c1ccc(S(=O)(=O)NC2CCOC2)cc1. The fraction of sp³-hybridized carbons (Fsp3) is 0.500. The lowest BCUT2D eigenvalue weighted by Crippen LogP contribution is -2.35. The Hall–Kier alpha value is -0.950. The third-order valence-corrected chi connectivity index (χ3v) is 4.50. The summed E-state index contributed by atoms with van der Waals surface area (Å²) in [7, 11) is -3.46. The zero-order chi connectivity index (χ0) is 13.2. The Labute approximate surface area is 107 Å². The molecule has 0 amide bonds. The lowest BCUT2D eigenvalue weighted by Gasteiger charge is -2.12. The van der Waals surface area contributed by atoms with E-state index in [0.29, 0.717) is 13.2 Å². The molecule has 0 bridgehead atoms. The highest BCUT2D eigenvalue weighted by molar-refractivity contribution is 7.89. The molecule has 0 saturated carbocycles. The molecule has 2 atom stereocenters. The van der Waals surface area contributed by atoms with Crippen LogP contribution in [-0.2, 0) is 14.8 Å². The Balaban J connectivity index is 2.13. The van der Waals surface area contributed by atoms with Crippen molar-refractivity contribution >= 4 is 10.0 Å². The Bertz CT molecular complexity index is 491. The van der Waals surface area contributed by atoms with Gasteiger partial charge in [-0.05, 0) is 31.0 Å². The smallest absolute Gasteiger partial charge is 0.240 e. The molecule has 18 heavy (non-hydrogen) atoms. The van der Waals surface area contributed by atoms with E-state index in [1.807, 2.05) is 6.92 Å². The fourth-order valence-electron chi connectivity index (χ4n) is 1.87. The average Bonchev–Trinajstić information content (AvgIpc) is 2.81. The number of nitrogens with two attached hydrogens (primary N) is 1. The monoisotopic (exact) mass is 270 g/mol. The van der Waals surface area contributed by atoms with Crippen molar-refractivity contribution in [1.82, 2.24) is 4.72 Å². The van der Waals surface area contributed by atoms with E-state index < -0.39 is 10.0 Å². The summed E-state index contributed by atoms with van der Waals surface area (Å²) in [5.41, 5.74) is 6.64. The first-order chi connectivity index (χ1) is 8.49. The fourth-order valence-corrected chi connectivity index (χ4v) is 3.12. The van der Waals surface area contributed by atoms with Crippen LogP contribution < -0.4 is 10.5 Å². The highest BCUT2D eigenvalue weighted by atomic mass is 32.2. The number of ether oxygens (including phenoxy) is 1. The summed E-state index contributed by atoms with van der Waals surface area (Å²) in [6.45, 7) is 2.91. The van der Waals surface area contributed by atoms with Crippen molar-refractivity contribution in [1.29, 1.82) is 0 Å². The van der Waals surface area contributed by atoms with E-state index in [1.54, 1.807) is 24.3 Å². The van der Waals surface area contributed by atoms with Gasteiger partial charge in [0.05, 0.1) is 11.5 Å². The minimum atomic E-state index is -3.46. The molecule has 0 radical (unpaired) electrons. The van der Waals surface area contributed by atoms with Crippen LogP contribution in [0.1, 0.15) is 24.9 Å². The van der Waals surface area contributed by atoms with Crippen LogP contribution in [0.25, 0.3) is 0 Å². The highest BCUT2D eigenvalue weighted by Crippen LogP contribution is 2.16. The van der Waals surface area contributed by atoms with E-state index in [0.717, 1.165) is 12.0 Å². The first-order valence-corrected chi connectivity index (χ1v) is 7.43. The van der Waals surface area contributed by atoms with Gasteiger partial charge in [0.25, 0.3) is 0 Å². The number of nitrogens with one attached hydrogen (secondary N) is 1. The summed E-state index contributed by atoms with van der Waals surface area (Å²) in [4.78, 5) is 0.263. The van der Waals surface area contributed by atoms with Crippen LogP contribution in [-0.4, -0.2) is 27.7 Å². The van der Waals surface area contributed by atoms with Crippen LogP contribution in [0.2, 0.25) is 0 Å². The van der Waals surface area contributed by atoms with Crippen molar-refractivity contribution in [3.05, 3.63) is 29.8 Å². The molecule has 1 aliphatic heterocycles. The molecule has 3 N–H and O–H groups in total. The molecule has 1 heterocycles. The Morgan fingerprint density at radius 3 is 2.56 bits per heavy atom. The van der Waals surface area contributed by atoms with Gasteiger partial charge in [0.2, 0.25) is 10.0 Å². The molecule has 100 valence electrons. The lowest BCUT2D eigenvalue weighted by atomic mass is 10.1. The maximum absolute atomic E-state index is 12.1. The average molecular weight is 270 g/mol. The van der Waals surface area contributed by atoms with Crippen LogP contribution in [0.5, 0.6) is 0 Å². The van der Waals surface area contributed by atoms with Gasteiger partial charge in [-0.25, -0.2) is 13.1 Å². The van der Waals surface area contributed by atoms with Gasteiger partial charge >= 0.3 is 0 Å². The quantitative estimate of drug-likeness (QED) is 0.847. The first-order valence-electron chi connectivity index (χ1n) is 5.94. The predicted molar refractivity (Wildman–Crippen MR) is 68.6 cm³/mol. The van der Waals surface area contributed by atoms with Gasteiger partial charge in [0.1, 0.15) is 0 Å². The van der Waals surface area contributed by atoms with Crippen LogP contribution >= 0.6 is 0 Å². The molecule has 0 spiro atoms. The van der Waals surface area contributed by atoms with Crippen molar-refractivity contribution in [3.8, 4) is 0 Å². The second kappa shape index (κ2) is 5.36. The van der Waals surface area contributed by atoms with Gasteiger partial charge in [-0.15, -0.1) is 0 Å². The molecule has 2 rings (SSSR count). The van der Waals surface area contributed by atoms with E-state index in [2.05, 4.69) is 4.72 Å². The van der Waals surface area contributed by atoms with Gasteiger partial charge in [0.15, 0.2) is 0 Å². The van der Waals surface area contributed by atoms with Gasteiger partial charge < -0.3 is 10.5 Å². The summed E-state index contributed by atoms with van der Waals surface area (Å²) < 4.78 is 31.9. The molecule has 6 heteroatoms. The van der Waals surface area contributed by atoms with Gasteiger partial charge in [-0.2, -0.15) is 0 Å². The van der Waals surface area contributed by atoms with E-state index in [1.165, 1.54) is 0 Å². The van der Waals surface area contributed by atoms with Gasteiger partial charge in [-0.3, -0.25) is 0 Å². The predicted octanol–water partition coefficient (Wildman–Crippen LogP) is 0.773. The number of sulfonamides is 1. The molecule has 1 saturated heterocycles. The normalized spacial score (nSPS) is 22.0. The summed E-state index contributed by atoms with van der Waals surface area (Å²) in [6.07, 6.45) is 0.719. The number of hydrogen-bond donors (Lipinski definition) is 2. The van der Waals surface area contributed by atoms with Crippen molar-refractivity contribution in [2.24, 2.45) is 5.73 Å². The number of hydrogen-bond acceptors (Lipinski definition) is 4. The molecule has 0 aromatic heterocycles. The minimum absolute atomic E-state index is 0.0991. The Morgan fingerprint density at radius 1 is 1.39 bits per heavy atom. The molecule has 1 fully saturated rings. The standard InChI is InChI=1S/C12H18N2O3S/c1-9(13)10-2-4-12(5-3-10)18(15,16)14-11-6-7-17-8-11/h2-5,9,11,14H,6-8,13H2,1H3. The van der Waals surface area contributed by atoms with Crippen molar-refractivity contribution in [2.75, 3.05) is 13.2 Å². The number of rotatable bonds is 4. The number of benzene rings is 1. The summed E-state index contributed by atoms with van der Waals surface area (Å²) in [6, 6.07) is 6.42. The lowest BCUT2D eigenvalue weighted by molar-refractivity contribution is 0.192. The molecule has 1 aliphatic rings. The van der Waals surface area contributed by atoms with Crippen LogP contribution in [0.4, 0.5) is 0 Å². The molecule has 1 aromatic rings. The Morgan fingerprint density at radius 2 is 2.06 bits per heavy atom. The first kappa shape index (κ1) is 13.5. The summed E-state index contributed by atoms with van der Waals surface area (Å²) in [5.74, 6) is 0. The molecule has 0 aliphatic carbocycles. The largest absolute Gasteiger partial charge is 0.380 e. The van der Waals surface area contributed by atoms with E-state index >= 15 is 0 Å². The topological polar surface area (TPSA) is 81.4 Å². The van der Waals surface area contributed by atoms with Crippen LogP contribution in [0.3, 0.4) is 0 Å². The van der Waals surface area contributed by atoms with Crippen LogP contribution in [0, 0.1) is 0 Å².